The molecule has 3 N–H and O–H groups in total. The van der Waals surface area contributed by atoms with Crippen LogP contribution in [0, 0.1) is 0 Å². The molecule has 0 saturated carbocycles. The Labute approximate surface area is 185 Å². The number of carbonyl (C=O) groups excluding carboxylic acids is 2. The van der Waals surface area contributed by atoms with Crippen LogP contribution in [0.2, 0.25) is 5.02 Å². The van der Waals surface area contributed by atoms with E-state index in [-0.39, 0.29) is 23.0 Å². The van der Waals surface area contributed by atoms with Crippen LogP contribution in [-0.2, 0) is 9.53 Å². The summed E-state index contributed by atoms with van der Waals surface area (Å²) in [6.07, 6.45) is 5.08. The molecule has 3 rings (SSSR count). The van der Waals surface area contributed by atoms with Crippen molar-refractivity contribution in [2.24, 2.45) is 0 Å². The minimum Gasteiger partial charge on any atom is -0.376 e. The summed E-state index contributed by atoms with van der Waals surface area (Å²) in [7, 11) is 0. The molecule has 1 atom stereocenters. The van der Waals surface area contributed by atoms with Gasteiger partial charge in [-0.2, -0.15) is 0 Å². The first-order valence-corrected chi connectivity index (χ1v) is 10.3. The number of thiocarbonyl (C=S) groups is 1. The molecule has 8 heteroatoms. The fraction of sp³-hybridized carbons (Fsp3) is 0.227. The molecule has 1 unspecified atom stereocenters. The lowest BCUT2D eigenvalue weighted by molar-refractivity contribution is -0.115. The highest BCUT2D eigenvalue weighted by molar-refractivity contribution is 7.80. The third kappa shape index (κ3) is 6.66. The summed E-state index contributed by atoms with van der Waals surface area (Å²) in [6.45, 7) is 1.27. The molecule has 0 aliphatic carbocycles. The highest BCUT2D eigenvalue weighted by Crippen LogP contribution is 2.16. The molecule has 2 aromatic rings. The highest BCUT2D eigenvalue weighted by Gasteiger charge is 2.16. The Bertz CT molecular complexity index is 941. The summed E-state index contributed by atoms with van der Waals surface area (Å²) in [6, 6.07) is 14.0. The molecule has 156 valence electrons. The second-order valence-corrected chi connectivity index (χ2v) is 7.54. The van der Waals surface area contributed by atoms with Gasteiger partial charge in [0.25, 0.3) is 5.91 Å². The summed E-state index contributed by atoms with van der Waals surface area (Å²) < 4.78 is 5.50. The summed E-state index contributed by atoms with van der Waals surface area (Å²) in [5, 5.41) is 9.06. The van der Waals surface area contributed by atoms with Crippen LogP contribution in [0.5, 0.6) is 0 Å². The van der Waals surface area contributed by atoms with Gasteiger partial charge in [-0.25, -0.2) is 0 Å². The van der Waals surface area contributed by atoms with E-state index in [0.29, 0.717) is 22.8 Å². The SMILES string of the molecule is O=C(/C=C/c1ccccc1Cl)NC(=S)Nc1ccc(C(=O)NCC2CCCO2)cc1. The van der Waals surface area contributed by atoms with E-state index in [1.165, 1.54) is 6.08 Å². The molecule has 1 aliphatic rings. The number of amides is 2. The van der Waals surface area contributed by atoms with Crippen molar-refractivity contribution in [3.8, 4) is 0 Å². The van der Waals surface area contributed by atoms with Crippen LogP contribution in [-0.4, -0.2) is 36.2 Å². The topological polar surface area (TPSA) is 79.5 Å². The Hall–Kier alpha value is -2.74. The Kier molecular flexibility index (Phi) is 7.96. The molecule has 1 fully saturated rings. The molecular formula is C22H22ClN3O3S. The number of ether oxygens (including phenoxy) is 1. The Morgan fingerprint density at radius 3 is 2.63 bits per heavy atom. The average molecular weight is 444 g/mol. The summed E-state index contributed by atoms with van der Waals surface area (Å²) >= 11 is 11.2. The zero-order valence-corrected chi connectivity index (χ0v) is 17.8. The molecule has 0 spiro atoms. The van der Waals surface area contributed by atoms with Crippen molar-refractivity contribution in [1.82, 2.24) is 10.6 Å². The largest absolute Gasteiger partial charge is 0.376 e. The third-order valence-corrected chi connectivity index (χ3v) is 5.02. The molecule has 2 aromatic carbocycles. The van der Waals surface area contributed by atoms with Crippen LogP contribution in [0.25, 0.3) is 6.08 Å². The van der Waals surface area contributed by atoms with Crippen LogP contribution in [0.4, 0.5) is 5.69 Å². The van der Waals surface area contributed by atoms with Gasteiger partial charge in [-0.05, 0) is 67.0 Å². The van der Waals surface area contributed by atoms with Gasteiger partial charge in [0.15, 0.2) is 5.11 Å². The van der Waals surface area contributed by atoms with Crippen LogP contribution in [0.3, 0.4) is 0 Å². The zero-order valence-electron chi connectivity index (χ0n) is 16.2. The molecule has 1 saturated heterocycles. The number of halogens is 1. The van der Waals surface area contributed by atoms with Crippen molar-refractivity contribution in [1.29, 1.82) is 0 Å². The van der Waals surface area contributed by atoms with Crippen molar-refractivity contribution >= 4 is 52.5 Å². The normalized spacial score (nSPS) is 15.7. The maximum atomic E-state index is 12.2. The lowest BCUT2D eigenvalue weighted by Gasteiger charge is -2.11. The number of rotatable bonds is 6. The van der Waals surface area contributed by atoms with E-state index in [1.807, 2.05) is 12.1 Å². The van der Waals surface area contributed by atoms with E-state index in [1.54, 1.807) is 42.5 Å². The van der Waals surface area contributed by atoms with E-state index in [0.717, 1.165) is 25.0 Å². The van der Waals surface area contributed by atoms with Crippen molar-refractivity contribution < 1.29 is 14.3 Å². The van der Waals surface area contributed by atoms with Crippen molar-refractivity contribution in [3.05, 3.63) is 70.8 Å². The summed E-state index contributed by atoms with van der Waals surface area (Å²) in [5.41, 5.74) is 1.93. The lowest BCUT2D eigenvalue weighted by atomic mass is 10.2. The molecule has 1 aliphatic heterocycles. The first-order chi connectivity index (χ1) is 14.5. The van der Waals surface area contributed by atoms with Gasteiger partial charge in [-0.1, -0.05) is 29.8 Å². The number of anilines is 1. The molecule has 0 aromatic heterocycles. The zero-order chi connectivity index (χ0) is 21.3. The number of hydrogen-bond acceptors (Lipinski definition) is 4. The van der Waals surface area contributed by atoms with E-state index in [4.69, 9.17) is 28.6 Å². The number of nitrogens with one attached hydrogen (secondary N) is 3. The molecule has 0 radical (unpaired) electrons. The van der Waals surface area contributed by atoms with E-state index >= 15 is 0 Å². The average Bonchev–Trinajstić information content (AvgIpc) is 3.25. The van der Waals surface area contributed by atoms with Gasteiger partial charge >= 0.3 is 0 Å². The van der Waals surface area contributed by atoms with Crippen molar-refractivity contribution in [2.75, 3.05) is 18.5 Å². The third-order valence-electron chi connectivity index (χ3n) is 4.48. The first-order valence-electron chi connectivity index (χ1n) is 9.56. The monoisotopic (exact) mass is 443 g/mol. The molecule has 1 heterocycles. The fourth-order valence-electron chi connectivity index (χ4n) is 2.91. The molecule has 30 heavy (non-hydrogen) atoms. The van der Waals surface area contributed by atoms with Crippen LogP contribution in [0.1, 0.15) is 28.8 Å². The van der Waals surface area contributed by atoms with Crippen LogP contribution in [0.15, 0.2) is 54.6 Å². The maximum Gasteiger partial charge on any atom is 0.251 e. The van der Waals surface area contributed by atoms with Crippen molar-refractivity contribution in [2.45, 2.75) is 18.9 Å². The van der Waals surface area contributed by atoms with E-state index < -0.39 is 0 Å². The molecule has 6 nitrogen and oxygen atoms in total. The predicted molar refractivity (Wildman–Crippen MR) is 123 cm³/mol. The van der Waals surface area contributed by atoms with Crippen molar-refractivity contribution in [3.63, 3.8) is 0 Å². The molecule has 0 bridgehead atoms. The number of hydrogen-bond donors (Lipinski definition) is 3. The predicted octanol–water partition coefficient (Wildman–Crippen LogP) is 3.78. The number of carbonyl (C=O) groups is 2. The lowest BCUT2D eigenvalue weighted by Crippen LogP contribution is -2.33. The summed E-state index contributed by atoms with van der Waals surface area (Å²) in [4.78, 5) is 24.2. The standard InChI is InChI=1S/C22H22ClN3O3S/c23-19-6-2-1-4-15(19)9-12-20(27)26-22(30)25-17-10-7-16(8-11-17)21(28)24-14-18-5-3-13-29-18/h1-2,4,6-12,18H,3,5,13-14H2,(H,24,28)(H2,25,26,27,30)/b12-9+. The van der Waals surface area contributed by atoms with Gasteiger partial charge in [0.2, 0.25) is 5.91 Å². The number of benzene rings is 2. The quantitative estimate of drug-likeness (QED) is 0.467. The minimum atomic E-state index is -0.377. The Balaban J connectivity index is 1.46. The van der Waals surface area contributed by atoms with Crippen LogP contribution < -0.4 is 16.0 Å². The summed E-state index contributed by atoms with van der Waals surface area (Å²) in [5.74, 6) is -0.532. The van der Waals surface area contributed by atoms with E-state index in [2.05, 4.69) is 16.0 Å². The Morgan fingerprint density at radius 1 is 1.17 bits per heavy atom. The first kappa shape index (κ1) is 22.0. The second-order valence-electron chi connectivity index (χ2n) is 6.72. The maximum absolute atomic E-state index is 12.2. The van der Waals surface area contributed by atoms with Gasteiger partial charge in [-0.3, -0.25) is 14.9 Å². The fourth-order valence-corrected chi connectivity index (χ4v) is 3.33. The highest BCUT2D eigenvalue weighted by atomic mass is 35.5. The second kappa shape index (κ2) is 10.9. The Morgan fingerprint density at radius 2 is 1.93 bits per heavy atom. The van der Waals surface area contributed by atoms with Gasteiger partial charge in [0, 0.05) is 35.5 Å². The van der Waals surface area contributed by atoms with E-state index in [9.17, 15) is 9.59 Å². The van der Waals surface area contributed by atoms with Crippen LogP contribution >= 0.6 is 23.8 Å². The van der Waals surface area contributed by atoms with Gasteiger partial charge in [0.05, 0.1) is 6.10 Å². The molecule has 2 amide bonds. The van der Waals surface area contributed by atoms with Gasteiger partial charge in [0.1, 0.15) is 0 Å². The smallest absolute Gasteiger partial charge is 0.251 e. The van der Waals surface area contributed by atoms with Gasteiger partial charge < -0.3 is 15.4 Å². The minimum absolute atomic E-state index is 0.0999. The molecular weight excluding hydrogens is 422 g/mol. The van der Waals surface area contributed by atoms with Gasteiger partial charge in [-0.15, -0.1) is 0 Å².